The Balaban J connectivity index is 1.92. The predicted octanol–water partition coefficient (Wildman–Crippen LogP) is 6.65. The molecule has 4 nitrogen and oxygen atoms in total. The first-order valence-electron chi connectivity index (χ1n) is 10.0. The number of methoxy groups -OCH3 is 1. The van der Waals surface area contributed by atoms with Gasteiger partial charge in [0.15, 0.2) is 11.5 Å². The van der Waals surface area contributed by atoms with Crippen LogP contribution >= 0.6 is 11.3 Å². The van der Waals surface area contributed by atoms with Crippen LogP contribution in [0.25, 0.3) is 11.6 Å². The van der Waals surface area contributed by atoms with Crippen LogP contribution in [0.2, 0.25) is 0 Å². The van der Waals surface area contributed by atoms with Crippen molar-refractivity contribution in [3.8, 4) is 17.6 Å². The van der Waals surface area contributed by atoms with Crippen molar-refractivity contribution in [2.75, 3.05) is 13.7 Å². The average Bonchev–Trinajstić information content (AvgIpc) is 3.14. The van der Waals surface area contributed by atoms with Crippen LogP contribution in [-0.4, -0.2) is 18.7 Å². The fraction of sp³-hybridized carbons (Fsp3) is 0.478. The number of allylic oxidation sites excluding steroid dienone is 1. The molecule has 5 heteroatoms. The first kappa shape index (κ1) is 22.0. The van der Waals surface area contributed by atoms with Crippen LogP contribution in [0.15, 0.2) is 23.6 Å². The number of hydrogen-bond donors (Lipinski definition) is 0. The van der Waals surface area contributed by atoms with E-state index in [-0.39, 0.29) is 0 Å². The van der Waals surface area contributed by atoms with Crippen molar-refractivity contribution in [2.45, 2.75) is 58.8 Å². The van der Waals surface area contributed by atoms with Crippen LogP contribution in [0.3, 0.4) is 0 Å². The standard InChI is InChI=1S/C23H30N2O2S/c1-4-5-6-7-8-9-10-13-27-21-12-11-19(15-22(21)26-3)14-20(16-24)23-25-18(2)17-28-23/h11-12,14-15,17H,4-10,13H2,1-3H3/b20-14-. The maximum Gasteiger partial charge on any atom is 0.161 e. The van der Waals surface area contributed by atoms with Crippen molar-refractivity contribution in [3.05, 3.63) is 39.8 Å². The zero-order valence-corrected chi connectivity index (χ0v) is 18.0. The average molecular weight is 399 g/mol. The largest absolute Gasteiger partial charge is 0.493 e. The highest BCUT2D eigenvalue weighted by atomic mass is 32.1. The van der Waals surface area contributed by atoms with Gasteiger partial charge in [-0.3, -0.25) is 0 Å². The molecule has 28 heavy (non-hydrogen) atoms. The lowest BCUT2D eigenvalue weighted by Gasteiger charge is -2.11. The molecule has 0 atom stereocenters. The second-order valence-corrected chi connectivity index (χ2v) is 7.70. The van der Waals surface area contributed by atoms with Gasteiger partial charge in [-0.1, -0.05) is 51.5 Å². The molecular weight excluding hydrogens is 368 g/mol. The van der Waals surface area contributed by atoms with E-state index in [9.17, 15) is 5.26 Å². The molecule has 0 N–H and O–H groups in total. The van der Waals surface area contributed by atoms with Gasteiger partial charge in [-0.25, -0.2) is 4.98 Å². The Morgan fingerprint density at radius 3 is 2.54 bits per heavy atom. The SMILES string of the molecule is CCCCCCCCCOc1ccc(/C=C(/C#N)c2nc(C)cs2)cc1OC. The third kappa shape index (κ3) is 7.01. The lowest BCUT2D eigenvalue weighted by atomic mass is 10.1. The molecule has 0 unspecified atom stereocenters. The number of aryl methyl sites for hydroxylation is 1. The summed E-state index contributed by atoms with van der Waals surface area (Å²) in [6.07, 6.45) is 10.6. The van der Waals surface area contributed by atoms with E-state index in [1.54, 1.807) is 7.11 Å². The van der Waals surface area contributed by atoms with E-state index in [1.165, 1.54) is 49.9 Å². The topological polar surface area (TPSA) is 55.1 Å². The van der Waals surface area contributed by atoms with Gasteiger partial charge in [0, 0.05) is 11.1 Å². The fourth-order valence-corrected chi connectivity index (χ4v) is 3.68. The number of ether oxygens (including phenoxy) is 2. The van der Waals surface area contributed by atoms with Gasteiger partial charge in [-0.2, -0.15) is 5.26 Å². The van der Waals surface area contributed by atoms with Crippen LogP contribution in [0.5, 0.6) is 11.5 Å². The Bertz CT molecular complexity index is 805. The van der Waals surface area contributed by atoms with Crippen LogP contribution in [0, 0.1) is 18.3 Å². The quantitative estimate of drug-likeness (QED) is 0.296. The van der Waals surface area contributed by atoms with Crippen molar-refractivity contribution < 1.29 is 9.47 Å². The number of thiazole rings is 1. The van der Waals surface area contributed by atoms with E-state index in [0.29, 0.717) is 17.9 Å². The summed E-state index contributed by atoms with van der Waals surface area (Å²) in [5.74, 6) is 1.43. The van der Waals surface area contributed by atoms with Crippen LogP contribution in [0.4, 0.5) is 0 Å². The summed E-state index contributed by atoms with van der Waals surface area (Å²) in [5, 5.41) is 12.1. The monoisotopic (exact) mass is 398 g/mol. The number of unbranched alkanes of at least 4 members (excludes halogenated alkanes) is 6. The number of nitriles is 1. The molecule has 0 saturated carbocycles. The Hall–Kier alpha value is -2.32. The Morgan fingerprint density at radius 2 is 1.89 bits per heavy atom. The van der Waals surface area contributed by atoms with Gasteiger partial charge in [0.1, 0.15) is 11.1 Å². The second-order valence-electron chi connectivity index (χ2n) is 6.84. The molecule has 1 aromatic heterocycles. The zero-order chi connectivity index (χ0) is 20.2. The Morgan fingerprint density at radius 1 is 1.14 bits per heavy atom. The summed E-state index contributed by atoms with van der Waals surface area (Å²) >= 11 is 1.48. The zero-order valence-electron chi connectivity index (χ0n) is 17.2. The number of benzene rings is 1. The normalized spacial score (nSPS) is 11.3. The molecule has 0 spiro atoms. The molecule has 0 aliphatic heterocycles. The maximum atomic E-state index is 9.46. The summed E-state index contributed by atoms with van der Waals surface area (Å²) in [6.45, 7) is 4.86. The van der Waals surface area contributed by atoms with Crippen molar-refractivity contribution in [1.82, 2.24) is 4.98 Å². The molecule has 0 bridgehead atoms. The van der Waals surface area contributed by atoms with Crippen molar-refractivity contribution >= 4 is 23.0 Å². The van der Waals surface area contributed by atoms with E-state index < -0.39 is 0 Å². The lowest BCUT2D eigenvalue weighted by molar-refractivity contribution is 0.284. The van der Waals surface area contributed by atoms with Crippen LogP contribution in [-0.2, 0) is 0 Å². The Kier molecular flexibility index (Phi) is 9.57. The highest BCUT2D eigenvalue weighted by Gasteiger charge is 2.09. The first-order chi connectivity index (χ1) is 13.7. The van der Waals surface area contributed by atoms with Crippen molar-refractivity contribution in [2.24, 2.45) is 0 Å². The molecule has 0 saturated heterocycles. The summed E-state index contributed by atoms with van der Waals surface area (Å²) in [7, 11) is 1.64. The van der Waals surface area contributed by atoms with E-state index in [2.05, 4.69) is 18.0 Å². The van der Waals surface area contributed by atoms with E-state index >= 15 is 0 Å². The van der Waals surface area contributed by atoms with Gasteiger partial charge >= 0.3 is 0 Å². The van der Waals surface area contributed by atoms with Gasteiger partial charge in [-0.05, 0) is 37.1 Å². The molecule has 150 valence electrons. The van der Waals surface area contributed by atoms with E-state index in [0.717, 1.165) is 28.4 Å². The van der Waals surface area contributed by atoms with Crippen LogP contribution < -0.4 is 9.47 Å². The summed E-state index contributed by atoms with van der Waals surface area (Å²) in [6, 6.07) is 7.99. The number of rotatable bonds is 12. The lowest BCUT2D eigenvalue weighted by Crippen LogP contribution is -1.99. The van der Waals surface area contributed by atoms with E-state index in [4.69, 9.17) is 9.47 Å². The fourth-order valence-electron chi connectivity index (χ4n) is 2.92. The highest BCUT2D eigenvalue weighted by Crippen LogP contribution is 2.30. The molecule has 0 radical (unpaired) electrons. The number of aromatic nitrogens is 1. The van der Waals surface area contributed by atoms with Gasteiger partial charge in [0.25, 0.3) is 0 Å². The minimum Gasteiger partial charge on any atom is -0.493 e. The molecule has 0 aliphatic carbocycles. The van der Waals surface area contributed by atoms with Gasteiger partial charge in [0.2, 0.25) is 0 Å². The summed E-state index contributed by atoms with van der Waals surface area (Å²) in [5.41, 5.74) is 2.37. The molecule has 1 heterocycles. The maximum absolute atomic E-state index is 9.46. The molecule has 2 rings (SSSR count). The minimum atomic E-state index is 0.553. The highest BCUT2D eigenvalue weighted by molar-refractivity contribution is 7.11. The smallest absolute Gasteiger partial charge is 0.161 e. The minimum absolute atomic E-state index is 0.553. The molecule has 0 aliphatic rings. The molecule has 0 fully saturated rings. The van der Waals surface area contributed by atoms with Crippen molar-refractivity contribution in [3.63, 3.8) is 0 Å². The van der Waals surface area contributed by atoms with Gasteiger partial charge < -0.3 is 9.47 Å². The molecule has 1 aromatic carbocycles. The number of hydrogen-bond acceptors (Lipinski definition) is 5. The summed E-state index contributed by atoms with van der Waals surface area (Å²) in [4.78, 5) is 4.39. The van der Waals surface area contributed by atoms with Crippen LogP contribution in [0.1, 0.15) is 68.1 Å². The van der Waals surface area contributed by atoms with E-state index in [1.807, 2.05) is 36.6 Å². The Labute approximate surface area is 172 Å². The van der Waals surface area contributed by atoms with Gasteiger partial charge in [0.05, 0.1) is 19.3 Å². The van der Waals surface area contributed by atoms with Gasteiger partial charge in [-0.15, -0.1) is 11.3 Å². The third-order valence-electron chi connectivity index (χ3n) is 4.47. The molecule has 0 amide bonds. The first-order valence-corrected chi connectivity index (χ1v) is 10.9. The number of nitrogens with zero attached hydrogens (tertiary/aromatic N) is 2. The molecular formula is C23H30N2O2S. The third-order valence-corrected chi connectivity index (χ3v) is 5.47. The predicted molar refractivity (Wildman–Crippen MR) is 117 cm³/mol. The van der Waals surface area contributed by atoms with Crippen molar-refractivity contribution in [1.29, 1.82) is 5.26 Å². The second kappa shape index (κ2) is 12.2. The molecule has 2 aromatic rings. The summed E-state index contributed by atoms with van der Waals surface area (Å²) < 4.78 is 11.4.